The molecule has 1 heterocycles. The number of carbonyl (C=O) groups is 1. The predicted octanol–water partition coefficient (Wildman–Crippen LogP) is 2.77. The molecule has 0 spiro atoms. The molecule has 0 radical (unpaired) electrons. The molecule has 0 bridgehead atoms. The summed E-state index contributed by atoms with van der Waals surface area (Å²) in [6.07, 6.45) is 0. The summed E-state index contributed by atoms with van der Waals surface area (Å²) in [5.41, 5.74) is 6.65. The minimum Gasteiger partial charge on any atom is -0.409 e. The summed E-state index contributed by atoms with van der Waals surface area (Å²) in [5, 5.41) is 11.8. The van der Waals surface area contributed by atoms with Crippen molar-refractivity contribution in [1.82, 2.24) is 0 Å². The van der Waals surface area contributed by atoms with Gasteiger partial charge in [-0.2, -0.15) is 0 Å². The molecule has 0 fully saturated rings. The van der Waals surface area contributed by atoms with Gasteiger partial charge < -0.3 is 15.8 Å². The van der Waals surface area contributed by atoms with Gasteiger partial charge in [0.25, 0.3) is 5.91 Å². The summed E-state index contributed by atoms with van der Waals surface area (Å²) in [7, 11) is 1.62. The van der Waals surface area contributed by atoms with Crippen molar-refractivity contribution >= 4 is 40.4 Å². The first-order valence-electron chi connectivity index (χ1n) is 5.65. The van der Waals surface area contributed by atoms with E-state index in [0.29, 0.717) is 20.5 Å². The second-order valence-corrected chi connectivity index (χ2v) is 5.69. The fraction of sp³-hybridized carbons (Fsp3) is 0.0769. The third-order valence-electron chi connectivity index (χ3n) is 2.74. The normalized spacial score (nSPS) is 11.4. The van der Waals surface area contributed by atoms with Crippen molar-refractivity contribution in [3.8, 4) is 0 Å². The van der Waals surface area contributed by atoms with E-state index in [1.807, 2.05) is 0 Å². The zero-order valence-corrected chi connectivity index (χ0v) is 12.1. The highest BCUT2D eigenvalue weighted by molar-refractivity contribution is 7.18. The number of rotatable bonds is 3. The van der Waals surface area contributed by atoms with E-state index in [1.165, 1.54) is 16.2 Å². The number of amides is 1. The predicted molar refractivity (Wildman–Crippen MR) is 81.0 cm³/mol. The molecular formula is C13H12ClN3O2S. The van der Waals surface area contributed by atoms with Crippen molar-refractivity contribution in [2.24, 2.45) is 10.9 Å². The van der Waals surface area contributed by atoms with E-state index in [4.69, 9.17) is 22.5 Å². The monoisotopic (exact) mass is 309 g/mol. The number of halogens is 1. The van der Waals surface area contributed by atoms with Crippen LogP contribution in [0.4, 0.5) is 5.69 Å². The lowest BCUT2D eigenvalue weighted by Gasteiger charge is -2.19. The van der Waals surface area contributed by atoms with Gasteiger partial charge in [-0.3, -0.25) is 4.79 Å². The molecule has 2 aromatic rings. The van der Waals surface area contributed by atoms with E-state index in [1.54, 1.807) is 43.4 Å². The van der Waals surface area contributed by atoms with Crippen LogP contribution >= 0.6 is 22.9 Å². The molecule has 0 unspecified atom stereocenters. The molecule has 0 aliphatic heterocycles. The Morgan fingerprint density at radius 2 is 2.05 bits per heavy atom. The lowest BCUT2D eigenvalue weighted by molar-refractivity contribution is 0.0997. The molecule has 7 heteroatoms. The van der Waals surface area contributed by atoms with Gasteiger partial charge in [0, 0.05) is 12.6 Å². The highest BCUT2D eigenvalue weighted by Gasteiger charge is 2.19. The number of benzene rings is 1. The van der Waals surface area contributed by atoms with E-state index < -0.39 is 0 Å². The second-order valence-electron chi connectivity index (χ2n) is 3.97. The molecule has 20 heavy (non-hydrogen) atoms. The number of nitrogens with zero attached hydrogens (tertiary/aromatic N) is 2. The summed E-state index contributed by atoms with van der Waals surface area (Å²) in [6.45, 7) is 0. The Kier molecular flexibility index (Phi) is 4.26. The summed E-state index contributed by atoms with van der Waals surface area (Å²) in [4.78, 5) is 14.3. The molecular weight excluding hydrogens is 298 g/mol. The van der Waals surface area contributed by atoms with Gasteiger partial charge in [-0.05, 0) is 24.3 Å². The third-order valence-corrected chi connectivity index (χ3v) is 3.96. The Morgan fingerprint density at radius 3 is 2.65 bits per heavy atom. The number of hydrogen-bond acceptors (Lipinski definition) is 4. The molecule has 0 saturated carbocycles. The Balaban J connectivity index is 2.39. The quantitative estimate of drug-likeness (QED) is 0.396. The van der Waals surface area contributed by atoms with Crippen LogP contribution < -0.4 is 10.6 Å². The van der Waals surface area contributed by atoms with Crippen molar-refractivity contribution in [3.05, 3.63) is 51.2 Å². The van der Waals surface area contributed by atoms with E-state index in [9.17, 15) is 4.79 Å². The molecule has 0 saturated heterocycles. The summed E-state index contributed by atoms with van der Waals surface area (Å²) >= 11 is 7.04. The van der Waals surface area contributed by atoms with Crippen LogP contribution in [0.25, 0.3) is 0 Å². The van der Waals surface area contributed by atoms with Crippen molar-refractivity contribution in [2.75, 3.05) is 11.9 Å². The molecule has 1 aromatic heterocycles. The van der Waals surface area contributed by atoms with Crippen LogP contribution in [0.1, 0.15) is 15.2 Å². The van der Waals surface area contributed by atoms with Crippen molar-refractivity contribution in [3.63, 3.8) is 0 Å². The Labute approximate surface area is 124 Å². The van der Waals surface area contributed by atoms with Crippen molar-refractivity contribution in [1.29, 1.82) is 0 Å². The number of amidine groups is 1. The van der Waals surface area contributed by atoms with E-state index in [0.717, 1.165) is 0 Å². The fourth-order valence-electron chi connectivity index (χ4n) is 1.74. The van der Waals surface area contributed by atoms with Crippen LogP contribution in [0.2, 0.25) is 4.34 Å². The van der Waals surface area contributed by atoms with E-state index >= 15 is 0 Å². The van der Waals surface area contributed by atoms with Crippen molar-refractivity contribution < 1.29 is 10.0 Å². The minimum absolute atomic E-state index is 0.0514. The van der Waals surface area contributed by atoms with Crippen LogP contribution in [0.3, 0.4) is 0 Å². The van der Waals surface area contributed by atoms with E-state index in [-0.39, 0.29) is 11.7 Å². The van der Waals surface area contributed by atoms with Crippen LogP contribution in [-0.2, 0) is 0 Å². The first-order valence-corrected chi connectivity index (χ1v) is 6.84. The second kappa shape index (κ2) is 5.94. The van der Waals surface area contributed by atoms with Gasteiger partial charge in [-0.1, -0.05) is 28.9 Å². The van der Waals surface area contributed by atoms with Gasteiger partial charge in [0.1, 0.15) is 0 Å². The summed E-state index contributed by atoms with van der Waals surface area (Å²) < 4.78 is 0.548. The molecule has 0 aliphatic carbocycles. The van der Waals surface area contributed by atoms with Crippen LogP contribution in [0.15, 0.2) is 41.6 Å². The van der Waals surface area contributed by atoms with Crippen LogP contribution in [0.5, 0.6) is 0 Å². The third kappa shape index (κ3) is 2.76. The zero-order valence-electron chi connectivity index (χ0n) is 10.6. The molecule has 0 aliphatic rings. The topological polar surface area (TPSA) is 78.9 Å². The van der Waals surface area contributed by atoms with Gasteiger partial charge in [-0.15, -0.1) is 11.3 Å². The highest BCUT2D eigenvalue weighted by atomic mass is 35.5. The molecule has 5 nitrogen and oxygen atoms in total. The van der Waals surface area contributed by atoms with Gasteiger partial charge in [0.15, 0.2) is 5.84 Å². The number of anilines is 1. The standard InChI is InChI=1S/C13H12ClN3O2S/c1-17(13(18)10-6-7-11(14)20-10)9-5-3-2-4-8(9)12(15)16-19/h2-7,19H,1H3,(H2,15,16). The first kappa shape index (κ1) is 14.4. The highest BCUT2D eigenvalue weighted by Crippen LogP contribution is 2.26. The number of thiophene rings is 1. The van der Waals surface area contributed by atoms with Crippen LogP contribution in [0, 0.1) is 0 Å². The number of nitrogens with two attached hydrogens (primary N) is 1. The van der Waals surface area contributed by atoms with Gasteiger partial charge in [0.05, 0.1) is 14.9 Å². The maximum atomic E-state index is 12.4. The van der Waals surface area contributed by atoms with Gasteiger partial charge in [-0.25, -0.2) is 0 Å². The molecule has 1 aromatic carbocycles. The minimum atomic E-state index is -0.208. The van der Waals surface area contributed by atoms with Crippen molar-refractivity contribution in [2.45, 2.75) is 0 Å². The lowest BCUT2D eigenvalue weighted by Crippen LogP contribution is -2.28. The average Bonchev–Trinajstić information content (AvgIpc) is 2.91. The SMILES string of the molecule is CN(C(=O)c1ccc(Cl)s1)c1ccccc1/C(N)=N/O. The molecule has 104 valence electrons. The number of oxime groups is 1. The first-order chi connectivity index (χ1) is 9.54. The smallest absolute Gasteiger partial charge is 0.268 e. The molecule has 2 rings (SSSR count). The molecule has 3 N–H and O–H groups in total. The van der Waals surface area contributed by atoms with Crippen LogP contribution in [-0.4, -0.2) is 24.0 Å². The number of hydrogen-bond donors (Lipinski definition) is 2. The maximum Gasteiger partial charge on any atom is 0.268 e. The van der Waals surface area contributed by atoms with Gasteiger partial charge in [0.2, 0.25) is 0 Å². The largest absolute Gasteiger partial charge is 0.409 e. The van der Waals surface area contributed by atoms with Gasteiger partial charge >= 0.3 is 0 Å². The Morgan fingerprint density at radius 1 is 1.35 bits per heavy atom. The summed E-state index contributed by atoms with van der Waals surface area (Å²) in [5.74, 6) is -0.260. The van der Waals surface area contributed by atoms with E-state index in [2.05, 4.69) is 5.16 Å². The maximum absolute atomic E-state index is 12.4. The lowest BCUT2D eigenvalue weighted by atomic mass is 10.1. The fourth-order valence-corrected chi connectivity index (χ4v) is 2.76. The molecule has 0 atom stereocenters. The average molecular weight is 310 g/mol. The Bertz CT molecular complexity index is 669. The number of carbonyl (C=O) groups excluding carboxylic acids is 1. The molecule has 1 amide bonds. The summed E-state index contributed by atoms with van der Waals surface area (Å²) in [6, 6.07) is 10.3. The zero-order chi connectivity index (χ0) is 14.7. The Hall–Kier alpha value is -2.05. The number of para-hydroxylation sites is 1.